The largest absolute Gasteiger partial charge is 0.329 e. The predicted molar refractivity (Wildman–Crippen MR) is 73.9 cm³/mol. The molecule has 0 spiro atoms. The highest BCUT2D eigenvalue weighted by atomic mass is 32.2. The molecule has 1 aliphatic rings. The molecule has 0 saturated heterocycles. The highest BCUT2D eigenvalue weighted by Crippen LogP contribution is 2.32. The van der Waals surface area contributed by atoms with E-state index in [9.17, 15) is 12.8 Å². The summed E-state index contributed by atoms with van der Waals surface area (Å²) < 4.78 is 40.5. The average molecular weight is 301 g/mol. The Hall–Kier alpha value is -1.05. The first kappa shape index (κ1) is 15.3. The van der Waals surface area contributed by atoms with Gasteiger partial charge in [-0.2, -0.15) is 0 Å². The fourth-order valence-electron chi connectivity index (χ4n) is 2.86. The molecule has 0 aliphatic heterocycles. The Labute approximate surface area is 118 Å². The van der Waals surface area contributed by atoms with Crippen LogP contribution in [0.25, 0.3) is 0 Å². The zero-order valence-corrected chi connectivity index (χ0v) is 12.3. The van der Waals surface area contributed by atoms with Gasteiger partial charge in [-0.25, -0.2) is 17.5 Å². The SMILES string of the molecule is CC1CCCC(CN)(NS(=O)(=O)c2cncc(F)c2)C1. The van der Waals surface area contributed by atoms with Crippen molar-refractivity contribution in [2.45, 2.75) is 43.0 Å². The van der Waals surface area contributed by atoms with E-state index < -0.39 is 21.4 Å². The van der Waals surface area contributed by atoms with Gasteiger partial charge in [0, 0.05) is 18.3 Å². The lowest BCUT2D eigenvalue weighted by Crippen LogP contribution is -2.55. The van der Waals surface area contributed by atoms with Crippen molar-refractivity contribution in [1.29, 1.82) is 0 Å². The zero-order chi connectivity index (χ0) is 14.8. The van der Waals surface area contributed by atoms with Crippen LogP contribution < -0.4 is 10.5 Å². The Kier molecular flexibility index (Phi) is 4.41. The topological polar surface area (TPSA) is 85.1 Å². The number of aromatic nitrogens is 1. The third-order valence-electron chi connectivity index (χ3n) is 3.82. The second-order valence-corrected chi connectivity index (χ2v) is 7.31. The highest BCUT2D eigenvalue weighted by molar-refractivity contribution is 7.89. The molecule has 0 amide bonds. The first-order valence-electron chi connectivity index (χ1n) is 6.71. The fraction of sp³-hybridized carbons (Fsp3) is 0.615. The third-order valence-corrected chi connectivity index (χ3v) is 5.37. The van der Waals surface area contributed by atoms with Crippen molar-refractivity contribution in [3.05, 3.63) is 24.3 Å². The van der Waals surface area contributed by atoms with Crippen LogP contribution in [-0.2, 0) is 10.0 Å². The molecule has 1 aromatic heterocycles. The van der Waals surface area contributed by atoms with Gasteiger partial charge in [-0.3, -0.25) is 4.98 Å². The molecular formula is C13H20FN3O2S. The first-order chi connectivity index (χ1) is 9.37. The molecule has 2 rings (SSSR count). The second-order valence-electron chi connectivity index (χ2n) is 5.63. The number of rotatable bonds is 4. The van der Waals surface area contributed by atoms with Gasteiger partial charge >= 0.3 is 0 Å². The molecule has 7 heteroatoms. The van der Waals surface area contributed by atoms with Crippen LogP contribution in [0.15, 0.2) is 23.4 Å². The summed E-state index contributed by atoms with van der Waals surface area (Å²) in [6.45, 7) is 2.32. The van der Waals surface area contributed by atoms with E-state index in [-0.39, 0.29) is 11.4 Å². The number of hydrogen-bond acceptors (Lipinski definition) is 4. The molecule has 1 aromatic rings. The van der Waals surface area contributed by atoms with Crippen molar-refractivity contribution in [1.82, 2.24) is 9.71 Å². The Bertz CT molecular complexity index is 579. The van der Waals surface area contributed by atoms with Gasteiger partial charge in [0.2, 0.25) is 10.0 Å². The quantitative estimate of drug-likeness (QED) is 0.880. The molecule has 1 fully saturated rings. The molecule has 1 saturated carbocycles. The molecule has 2 atom stereocenters. The van der Waals surface area contributed by atoms with Crippen LogP contribution in [0.5, 0.6) is 0 Å². The first-order valence-corrected chi connectivity index (χ1v) is 8.20. The molecule has 0 bridgehead atoms. The number of halogens is 1. The number of nitrogens with zero attached hydrogens (tertiary/aromatic N) is 1. The monoisotopic (exact) mass is 301 g/mol. The summed E-state index contributed by atoms with van der Waals surface area (Å²) in [6.07, 6.45) is 5.52. The minimum atomic E-state index is -3.81. The number of nitrogens with two attached hydrogens (primary N) is 1. The normalized spacial score (nSPS) is 27.4. The van der Waals surface area contributed by atoms with Gasteiger partial charge in [-0.1, -0.05) is 19.8 Å². The maximum absolute atomic E-state index is 13.1. The van der Waals surface area contributed by atoms with E-state index in [1.807, 2.05) is 0 Å². The van der Waals surface area contributed by atoms with E-state index in [0.29, 0.717) is 18.8 Å². The van der Waals surface area contributed by atoms with Gasteiger partial charge < -0.3 is 5.73 Å². The van der Waals surface area contributed by atoms with Gasteiger partial charge in [0.1, 0.15) is 10.7 Å². The van der Waals surface area contributed by atoms with Crippen LogP contribution in [0.3, 0.4) is 0 Å². The van der Waals surface area contributed by atoms with E-state index in [0.717, 1.165) is 31.3 Å². The minimum Gasteiger partial charge on any atom is -0.329 e. The van der Waals surface area contributed by atoms with Crippen molar-refractivity contribution >= 4 is 10.0 Å². The zero-order valence-electron chi connectivity index (χ0n) is 11.5. The average Bonchev–Trinajstić information content (AvgIpc) is 2.38. The lowest BCUT2D eigenvalue weighted by molar-refractivity contribution is 0.223. The Morgan fingerprint density at radius 2 is 2.30 bits per heavy atom. The molecule has 112 valence electrons. The molecule has 3 N–H and O–H groups in total. The van der Waals surface area contributed by atoms with Crippen LogP contribution >= 0.6 is 0 Å². The second kappa shape index (κ2) is 5.75. The van der Waals surface area contributed by atoms with Gasteiger partial charge in [-0.15, -0.1) is 0 Å². The molecule has 5 nitrogen and oxygen atoms in total. The number of nitrogens with one attached hydrogen (secondary N) is 1. The van der Waals surface area contributed by atoms with E-state index in [1.165, 1.54) is 0 Å². The van der Waals surface area contributed by atoms with Crippen molar-refractivity contribution in [2.75, 3.05) is 6.54 Å². The van der Waals surface area contributed by atoms with E-state index in [2.05, 4.69) is 16.6 Å². The van der Waals surface area contributed by atoms with Crippen molar-refractivity contribution in [3.8, 4) is 0 Å². The smallest absolute Gasteiger partial charge is 0.242 e. The minimum absolute atomic E-state index is 0.163. The highest BCUT2D eigenvalue weighted by Gasteiger charge is 2.37. The summed E-state index contributed by atoms with van der Waals surface area (Å²) in [5.41, 5.74) is 5.16. The van der Waals surface area contributed by atoms with Crippen LogP contribution in [0.2, 0.25) is 0 Å². The molecular weight excluding hydrogens is 281 g/mol. The van der Waals surface area contributed by atoms with Gasteiger partial charge in [0.05, 0.1) is 6.20 Å². The molecule has 0 aromatic carbocycles. The summed E-state index contributed by atoms with van der Waals surface area (Å²) in [7, 11) is -3.81. The maximum atomic E-state index is 13.1. The summed E-state index contributed by atoms with van der Waals surface area (Å²) in [6, 6.07) is 0.964. The number of pyridine rings is 1. The Morgan fingerprint density at radius 3 is 2.90 bits per heavy atom. The van der Waals surface area contributed by atoms with Crippen LogP contribution in [0.1, 0.15) is 32.6 Å². The van der Waals surface area contributed by atoms with E-state index >= 15 is 0 Å². The molecule has 1 aliphatic carbocycles. The van der Waals surface area contributed by atoms with Gasteiger partial charge in [0.25, 0.3) is 0 Å². The lowest BCUT2D eigenvalue weighted by atomic mass is 9.77. The fourth-order valence-corrected chi connectivity index (χ4v) is 4.29. The van der Waals surface area contributed by atoms with Gasteiger partial charge in [-0.05, 0) is 24.8 Å². The lowest BCUT2D eigenvalue weighted by Gasteiger charge is -2.39. The van der Waals surface area contributed by atoms with Crippen LogP contribution in [0.4, 0.5) is 4.39 Å². The van der Waals surface area contributed by atoms with Crippen LogP contribution in [0, 0.1) is 11.7 Å². The molecule has 1 heterocycles. The molecule has 0 radical (unpaired) electrons. The predicted octanol–water partition coefficient (Wildman–Crippen LogP) is 1.41. The van der Waals surface area contributed by atoms with E-state index in [4.69, 9.17) is 5.73 Å². The molecule has 2 unspecified atom stereocenters. The standard InChI is InChI=1S/C13H20FN3O2S/c1-10-3-2-4-13(6-10,9-15)17-20(18,19)12-5-11(14)7-16-8-12/h5,7-8,10,17H,2-4,6,9,15H2,1H3. The van der Waals surface area contributed by atoms with Crippen molar-refractivity contribution < 1.29 is 12.8 Å². The number of hydrogen-bond donors (Lipinski definition) is 2. The van der Waals surface area contributed by atoms with Crippen LogP contribution in [-0.4, -0.2) is 25.5 Å². The Morgan fingerprint density at radius 1 is 1.55 bits per heavy atom. The summed E-state index contributed by atoms with van der Waals surface area (Å²) >= 11 is 0. The Balaban J connectivity index is 2.26. The molecule has 20 heavy (non-hydrogen) atoms. The number of sulfonamides is 1. The third kappa shape index (κ3) is 3.34. The van der Waals surface area contributed by atoms with Gasteiger partial charge in [0.15, 0.2) is 0 Å². The van der Waals surface area contributed by atoms with Crippen molar-refractivity contribution in [3.63, 3.8) is 0 Å². The maximum Gasteiger partial charge on any atom is 0.242 e. The van der Waals surface area contributed by atoms with Crippen molar-refractivity contribution in [2.24, 2.45) is 11.7 Å². The summed E-state index contributed by atoms with van der Waals surface area (Å²) in [5, 5.41) is 0. The summed E-state index contributed by atoms with van der Waals surface area (Å²) in [5.74, 6) is -0.257. The summed E-state index contributed by atoms with van der Waals surface area (Å²) in [4.78, 5) is 3.42. The van der Waals surface area contributed by atoms with E-state index in [1.54, 1.807) is 0 Å².